The van der Waals surface area contributed by atoms with E-state index >= 15 is 0 Å². The minimum Gasteiger partial charge on any atom is -0.396 e. The van der Waals surface area contributed by atoms with Crippen molar-refractivity contribution in [2.45, 2.75) is 58.8 Å². The van der Waals surface area contributed by atoms with Gasteiger partial charge in [-0.15, -0.1) is 0 Å². The van der Waals surface area contributed by atoms with E-state index in [1.54, 1.807) is 0 Å². The summed E-state index contributed by atoms with van der Waals surface area (Å²) in [6, 6.07) is 0. The molecule has 0 aromatic rings. The summed E-state index contributed by atoms with van der Waals surface area (Å²) < 4.78 is 0. The maximum atomic E-state index is 8.99. The van der Waals surface area contributed by atoms with Gasteiger partial charge in [0.1, 0.15) is 0 Å². The van der Waals surface area contributed by atoms with E-state index in [-0.39, 0.29) is 0 Å². The Morgan fingerprint density at radius 1 is 0.857 bits per heavy atom. The van der Waals surface area contributed by atoms with Crippen LogP contribution >= 0.6 is 0 Å². The zero-order valence-electron chi connectivity index (χ0n) is 9.76. The average Bonchev–Trinajstić information content (AvgIpc) is 2.13. The van der Waals surface area contributed by atoms with Crippen molar-refractivity contribution < 1.29 is 10.2 Å². The molecule has 0 heterocycles. The maximum absolute atomic E-state index is 8.99. The smallest absolute Gasteiger partial charge is 0.0436 e. The first-order valence-electron chi connectivity index (χ1n) is 5.90. The summed E-state index contributed by atoms with van der Waals surface area (Å²) in [5.74, 6) is 0. The molecule has 0 aliphatic heterocycles. The third-order valence-electron chi connectivity index (χ3n) is 3.01. The van der Waals surface area contributed by atoms with E-state index in [0.717, 1.165) is 19.3 Å². The summed E-state index contributed by atoms with van der Waals surface area (Å²) in [5.41, 5.74) is 0.318. The zero-order chi connectivity index (χ0) is 10.9. The van der Waals surface area contributed by atoms with Gasteiger partial charge < -0.3 is 10.2 Å². The summed E-state index contributed by atoms with van der Waals surface area (Å²) in [4.78, 5) is 0. The highest BCUT2D eigenvalue weighted by Gasteiger charge is 2.21. The van der Waals surface area contributed by atoms with Gasteiger partial charge in [-0.25, -0.2) is 0 Å². The molecular formula is C12H26O2. The summed E-state index contributed by atoms with van der Waals surface area (Å²) in [7, 11) is 0. The molecule has 0 aliphatic carbocycles. The lowest BCUT2D eigenvalue weighted by Crippen LogP contribution is -2.18. The fourth-order valence-corrected chi connectivity index (χ4v) is 2.09. The molecule has 14 heavy (non-hydrogen) atoms. The molecule has 0 saturated carbocycles. The minimum atomic E-state index is 0.302. The Kier molecular flexibility index (Phi) is 8.20. The fraction of sp³-hybridized carbons (Fsp3) is 1.00. The van der Waals surface area contributed by atoms with Crippen molar-refractivity contribution in [3.63, 3.8) is 0 Å². The fourth-order valence-electron chi connectivity index (χ4n) is 2.09. The lowest BCUT2D eigenvalue weighted by atomic mass is 9.78. The van der Waals surface area contributed by atoms with Crippen LogP contribution in [0.4, 0.5) is 0 Å². The Labute approximate surface area is 88.3 Å². The Bertz CT molecular complexity index is 117. The summed E-state index contributed by atoms with van der Waals surface area (Å²) in [6.45, 7) is 5.08. The predicted molar refractivity (Wildman–Crippen MR) is 60.3 cm³/mol. The van der Waals surface area contributed by atoms with Gasteiger partial charge >= 0.3 is 0 Å². The van der Waals surface area contributed by atoms with E-state index in [2.05, 4.69) is 13.8 Å². The third kappa shape index (κ3) is 6.39. The molecule has 0 amide bonds. The summed E-state index contributed by atoms with van der Waals surface area (Å²) in [5, 5.41) is 17.7. The predicted octanol–water partition coefficient (Wildman–Crippen LogP) is 2.73. The molecule has 2 nitrogen and oxygen atoms in total. The van der Waals surface area contributed by atoms with Crippen LogP contribution in [0.2, 0.25) is 0 Å². The van der Waals surface area contributed by atoms with E-state index in [1.165, 1.54) is 25.7 Å². The average molecular weight is 202 g/mol. The zero-order valence-corrected chi connectivity index (χ0v) is 9.76. The molecule has 86 valence electrons. The van der Waals surface area contributed by atoms with Gasteiger partial charge in [-0.2, -0.15) is 0 Å². The third-order valence-corrected chi connectivity index (χ3v) is 3.01. The van der Waals surface area contributed by atoms with Crippen molar-refractivity contribution >= 4 is 0 Å². The monoisotopic (exact) mass is 202 g/mol. The van der Waals surface area contributed by atoms with E-state index < -0.39 is 0 Å². The molecule has 0 saturated heterocycles. The molecule has 2 heteroatoms. The standard InChI is InChI=1S/C12H26O2/c1-3-7-12(2,9-11-14)8-5-4-6-10-13/h13-14H,3-11H2,1-2H3. The highest BCUT2D eigenvalue weighted by Crippen LogP contribution is 2.33. The molecule has 0 fully saturated rings. The van der Waals surface area contributed by atoms with E-state index in [1.807, 2.05) is 0 Å². The van der Waals surface area contributed by atoms with Gasteiger partial charge in [0.2, 0.25) is 0 Å². The number of hydrogen-bond acceptors (Lipinski definition) is 2. The summed E-state index contributed by atoms with van der Waals surface area (Å²) in [6.07, 6.45) is 7.70. The van der Waals surface area contributed by atoms with Gasteiger partial charge in [0.15, 0.2) is 0 Å². The minimum absolute atomic E-state index is 0.302. The molecule has 0 rings (SSSR count). The normalized spacial score (nSPS) is 15.4. The van der Waals surface area contributed by atoms with Crippen LogP contribution in [-0.4, -0.2) is 23.4 Å². The SMILES string of the molecule is CCCC(C)(CCO)CCCCCO. The van der Waals surface area contributed by atoms with Crippen molar-refractivity contribution in [1.29, 1.82) is 0 Å². The van der Waals surface area contributed by atoms with Crippen LogP contribution in [0.25, 0.3) is 0 Å². The highest BCUT2D eigenvalue weighted by molar-refractivity contribution is 4.73. The lowest BCUT2D eigenvalue weighted by molar-refractivity contribution is 0.168. The van der Waals surface area contributed by atoms with Gasteiger partial charge in [-0.3, -0.25) is 0 Å². The lowest BCUT2D eigenvalue weighted by Gasteiger charge is -2.28. The van der Waals surface area contributed by atoms with Gasteiger partial charge in [-0.1, -0.05) is 33.1 Å². The Morgan fingerprint density at radius 2 is 1.57 bits per heavy atom. The first kappa shape index (κ1) is 13.9. The number of hydrogen-bond donors (Lipinski definition) is 2. The first-order valence-corrected chi connectivity index (χ1v) is 5.90. The topological polar surface area (TPSA) is 40.5 Å². The molecule has 1 unspecified atom stereocenters. The van der Waals surface area contributed by atoms with E-state index in [4.69, 9.17) is 10.2 Å². The van der Waals surface area contributed by atoms with Crippen LogP contribution in [0, 0.1) is 5.41 Å². The largest absolute Gasteiger partial charge is 0.396 e. The summed E-state index contributed by atoms with van der Waals surface area (Å²) >= 11 is 0. The number of rotatable bonds is 9. The van der Waals surface area contributed by atoms with Gasteiger partial charge in [0, 0.05) is 13.2 Å². The van der Waals surface area contributed by atoms with E-state index in [9.17, 15) is 0 Å². The van der Waals surface area contributed by atoms with Gasteiger partial charge in [0.25, 0.3) is 0 Å². The molecule has 0 aromatic heterocycles. The molecule has 0 radical (unpaired) electrons. The van der Waals surface area contributed by atoms with Crippen LogP contribution in [-0.2, 0) is 0 Å². The van der Waals surface area contributed by atoms with Crippen LogP contribution in [0.1, 0.15) is 58.8 Å². The number of unbranched alkanes of at least 4 members (excludes halogenated alkanes) is 2. The number of aliphatic hydroxyl groups is 2. The van der Waals surface area contributed by atoms with Gasteiger partial charge in [-0.05, 0) is 31.1 Å². The van der Waals surface area contributed by atoms with Crippen molar-refractivity contribution in [3.05, 3.63) is 0 Å². The number of aliphatic hydroxyl groups excluding tert-OH is 2. The molecule has 0 spiro atoms. The Hall–Kier alpha value is -0.0800. The molecule has 1 atom stereocenters. The van der Waals surface area contributed by atoms with Crippen molar-refractivity contribution in [2.24, 2.45) is 5.41 Å². The molecule has 0 aromatic carbocycles. The van der Waals surface area contributed by atoms with Crippen LogP contribution in [0.3, 0.4) is 0 Å². The maximum Gasteiger partial charge on any atom is 0.0436 e. The second-order valence-corrected chi connectivity index (χ2v) is 4.57. The van der Waals surface area contributed by atoms with Crippen molar-refractivity contribution in [1.82, 2.24) is 0 Å². The van der Waals surface area contributed by atoms with Crippen LogP contribution in [0.15, 0.2) is 0 Å². The Balaban J connectivity index is 3.71. The highest BCUT2D eigenvalue weighted by atomic mass is 16.3. The molecule has 0 aliphatic rings. The Morgan fingerprint density at radius 3 is 2.07 bits per heavy atom. The molecule has 2 N–H and O–H groups in total. The molecular weight excluding hydrogens is 176 g/mol. The van der Waals surface area contributed by atoms with Crippen molar-refractivity contribution in [3.8, 4) is 0 Å². The second-order valence-electron chi connectivity index (χ2n) is 4.57. The first-order chi connectivity index (χ1) is 6.68. The van der Waals surface area contributed by atoms with Crippen LogP contribution in [0.5, 0.6) is 0 Å². The quantitative estimate of drug-likeness (QED) is 0.564. The van der Waals surface area contributed by atoms with Crippen molar-refractivity contribution in [2.75, 3.05) is 13.2 Å². The van der Waals surface area contributed by atoms with Crippen LogP contribution < -0.4 is 0 Å². The van der Waals surface area contributed by atoms with E-state index in [0.29, 0.717) is 18.6 Å². The second kappa shape index (κ2) is 8.25. The molecule has 0 bridgehead atoms. The van der Waals surface area contributed by atoms with Gasteiger partial charge in [0.05, 0.1) is 0 Å².